The van der Waals surface area contributed by atoms with Crippen molar-refractivity contribution in [3.63, 3.8) is 0 Å². The molecule has 0 bridgehead atoms. The molecule has 0 aliphatic carbocycles. The number of carbonyl (C=O) groups is 7. The normalized spacial score (nSPS) is 18.7. The second-order valence-electron chi connectivity index (χ2n) is 22.3. The van der Waals surface area contributed by atoms with Crippen molar-refractivity contribution >= 4 is 87.7 Å². The first kappa shape index (κ1) is 59.1. The van der Waals surface area contributed by atoms with Crippen LogP contribution >= 0.6 is 0 Å². The van der Waals surface area contributed by atoms with Gasteiger partial charge in [0.2, 0.25) is 17.7 Å². The van der Waals surface area contributed by atoms with E-state index in [0.717, 1.165) is 48.5 Å². The lowest BCUT2D eigenvalue weighted by molar-refractivity contribution is -0.137. The number of likely N-dealkylation sites (N-methyl/N-ethyl adjacent to an activating group) is 1. The van der Waals surface area contributed by atoms with Gasteiger partial charge in [0.1, 0.15) is 12.1 Å². The molecule has 0 spiro atoms. The van der Waals surface area contributed by atoms with E-state index in [1.54, 1.807) is 73.2 Å². The van der Waals surface area contributed by atoms with Crippen LogP contribution in [0.5, 0.6) is 23.0 Å². The Labute approximate surface area is 494 Å². The molecule has 6 aliphatic heterocycles. The van der Waals surface area contributed by atoms with Crippen molar-refractivity contribution in [2.45, 2.75) is 89.9 Å². The van der Waals surface area contributed by atoms with E-state index < -0.39 is 23.9 Å². The first-order valence-corrected chi connectivity index (χ1v) is 29.0. The molecule has 444 valence electrons. The first-order chi connectivity index (χ1) is 41.0. The van der Waals surface area contributed by atoms with Gasteiger partial charge in [-0.15, -0.1) is 0 Å². The SMILES string of the molecule is COc1cc2c(cc1OCCCOc1cc3c(cc1OC)C(=O)N1C=C(c4ccc(N5CCN(C)CC5)cc4)C[C@H]1C=N3)N=C[C@@H]1CC(c3ccc(NC(=O)C(C)NC(=O)C(NC(=O)CCCCCN4C(=O)C=CC4=O)C(C)C)cc3)=CN1C2=O. The number of anilines is 2. The summed E-state index contributed by atoms with van der Waals surface area (Å²) in [6, 6.07) is 20.2. The number of nitrogens with zero attached hydrogens (tertiary/aromatic N) is 7. The van der Waals surface area contributed by atoms with Crippen LogP contribution in [0.3, 0.4) is 0 Å². The lowest BCUT2D eigenvalue weighted by Gasteiger charge is -2.34. The summed E-state index contributed by atoms with van der Waals surface area (Å²) >= 11 is 0. The molecule has 4 aromatic rings. The molecule has 3 N–H and O–H groups in total. The fourth-order valence-corrected chi connectivity index (χ4v) is 11.1. The van der Waals surface area contributed by atoms with E-state index in [-0.39, 0.29) is 73.7 Å². The first-order valence-electron chi connectivity index (χ1n) is 29.0. The van der Waals surface area contributed by atoms with Crippen molar-refractivity contribution in [1.29, 1.82) is 0 Å². The largest absolute Gasteiger partial charge is 0.493 e. The van der Waals surface area contributed by atoms with Gasteiger partial charge in [0, 0.05) is 119 Å². The monoisotopic (exact) mass is 1160 g/mol. The lowest BCUT2D eigenvalue weighted by Crippen LogP contribution is -2.53. The third kappa shape index (κ3) is 13.5. The summed E-state index contributed by atoms with van der Waals surface area (Å²) in [4.78, 5) is 110. The molecule has 1 fully saturated rings. The van der Waals surface area contributed by atoms with Gasteiger partial charge >= 0.3 is 0 Å². The van der Waals surface area contributed by atoms with E-state index in [4.69, 9.17) is 28.9 Å². The minimum absolute atomic E-state index is 0.161. The van der Waals surface area contributed by atoms with Crippen LogP contribution in [-0.2, 0) is 24.0 Å². The van der Waals surface area contributed by atoms with Gasteiger partial charge in [0.05, 0.1) is 62.0 Å². The summed E-state index contributed by atoms with van der Waals surface area (Å²) < 4.78 is 23.8. The topological polar surface area (TPSA) is 233 Å². The fourth-order valence-electron chi connectivity index (χ4n) is 11.1. The Kier molecular flexibility index (Phi) is 18.2. The smallest absolute Gasteiger partial charge is 0.260 e. The molecule has 10 rings (SSSR count). The van der Waals surface area contributed by atoms with Gasteiger partial charge in [0.25, 0.3) is 23.6 Å². The highest BCUT2D eigenvalue weighted by Crippen LogP contribution is 2.42. The van der Waals surface area contributed by atoms with Crippen molar-refractivity contribution in [3.8, 4) is 23.0 Å². The number of hydrogen-bond acceptors (Lipinski definition) is 15. The quantitative estimate of drug-likeness (QED) is 0.0489. The van der Waals surface area contributed by atoms with Gasteiger partial charge in [0.15, 0.2) is 23.0 Å². The minimum Gasteiger partial charge on any atom is -0.493 e. The van der Waals surface area contributed by atoms with Crippen molar-refractivity contribution in [2.75, 3.05) is 77.4 Å². The van der Waals surface area contributed by atoms with Gasteiger partial charge < -0.3 is 54.5 Å². The molecule has 21 heteroatoms. The molecule has 21 nitrogen and oxygen atoms in total. The highest BCUT2D eigenvalue weighted by atomic mass is 16.5. The molecule has 0 saturated carbocycles. The van der Waals surface area contributed by atoms with Crippen molar-refractivity contribution < 1.29 is 52.5 Å². The molecular weight excluding hydrogens is 1080 g/mol. The van der Waals surface area contributed by atoms with E-state index in [0.29, 0.717) is 89.7 Å². The number of nitrogens with one attached hydrogen (secondary N) is 3. The van der Waals surface area contributed by atoms with Gasteiger partial charge in [-0.1, -0.05) is 44.5 Å². The third-order valence-electron chi connectivity index (χ3n) is 16.1. The summed E-state index contributed by atoms with van der Waals surface area (Å²) in [5.74, 6) is -0.961. The molecule has 2 unspecified atom stereocenters. The second-order valence-corrected chi connectivity index (χ2v) is 22.3. The van der Waals surface area contributed by atoms with E-state index in [1.807, 2.05) is 30.7 Å². The number of imide groups is 1. The third-order valence-corrected chi connectivity index (χ3v) is 16.1. The highest BCUT2D eigenvalue weighted by Gasteiger charge is 2.36. The Hall–Kier alpha value is -9.11. The lowest BCUT2D eigenvalue weighted by atomic mass is 10.0. The van der Waals surface area contributed by atoms with Crippen LogP contribution in [0, 0.1) is 5.92 Å². The number of unbranched alkanes of at least 4 members (excludes halogenated alkanes) is 2. The zero-order valence-corrected chi connectivity index (χ0v) is 48.8. The number of aliphatic imine (C=N–C) groups is 2. The van der Waals surface area contributed by atoms with E-state index in [1.165, 1.54) is 37.0 Å². The number of benzene rings is 4. The highest BCUT2D eigenvalue weighted by molar-refractivity contribution is 6.13. The Morgan fingerprint density at radius 3 is 1.67 bits per heavy atom. The summed E-state index contributed by atoms with van der Waals surface area (Å²) in [5, 5.41) is 8.35. The zero-order chi connectivity index (χ0) is 59.9. The Bertz CT molecular complexity index is 3380. The van der Waals surface area contributed by atoms with Crippen LogP contribution < -0.4 is 39.8 Å². The van der Waals surface area contributed by atoms with Crippen LogP contribution in [0.1, 0.15) is 97.6 Å². The number of hydrogen-bond donors (Lipinski definition) is 3. The number of fused-ring (bicyclic) bond motifs is 4. The average molecular weight is 1160 g/mol. The standard InChI is InChI=1S/C64H72N10O11/c1-39(2)60(69-57(75)11-8-7-9-22-72-58(76)20-21-59(72)77)62(79)67-40(3)61(78)68-45-16-12-41(13-17-45)43-29-47-35-65-51-33-55(53(82-5)31-49(51)63(80)73(47)37-43)84-27-10-28-85-56-34-52-50(32-54(56)83-6)64(81)74-38-44(30-48(74)36-66-52)42-14-18-46(19-15-42)71-25-23-70(4)24-26-71/h12-21,31-40,47-48,60H,7-11,22-30H2,1-6H3,(H,67,79)(H,68,78)(H,69,75)/t40?,47-,48-,60?/m0/s1. The Morgan fingerprint density at radius 2 is 1.15 bits per heavy atom. The number of methoxy groups -OCH3 is 2. The molecule has 0 radical (unpaired) electrons. The number of carbonyl (C=O) groups excluding carboxylic acids is 7. The predicted molar refractivity (Wildman–Crippen MR) is 323 cm³/mol. The maximum absolute atomic E-state index is 14.2. The summed E-state index contributed by atoms with van der Waals surface area (Å²) in [6.07, 6.45) is 13.3. The number of piperazine rings is 1. The van der Waals surface area contributed by atoms with E-state index >= 15 is 0 Å². The van der Waals surface area contributed by atoms with E-state index in [2.05, 4.69) is 57.1 Å². The van der Waals surface area contributed by atoms with Crippen LogP contribution in [-0.4, -0.2) is 165 Å². The maximum Gasteiger partial charge on any atom is 0.260 e. The molecule has 6 heterocycles. The van der Waals surface area contributed by atoms with Crippen LogP contribution in [0.2, 0.25) is 0 Å². The molecule has 7 amide bonds. The van der Waals surface area contributed by atoms with Gasteiger partial charge in [-0.2, -0.15) is 0 Å². The van der Waals surface area contributed by atoms with E-state index in [9.17, 15) is 33.6 Å². The van der Waals surface area contributed by atoms with Gasteiger partial charge in [-0.25, -0.2) is 0 Å². The Balaban J connectivity index is 0.682. The minimum atomic E-state index is -0.925. The van der Waals surface area contributed by atoms with Crippen molar-refractivity contribution in [3.05, 3.63) is 120 Å². The molecule has 4 aromatic carbocycles. The number of ether oxygens (including phenoxy) is 4. The summed E-state index contributed by atoms with van der Waals surface area (Å²) in [7, 11) is 5.20. The van der Waals surface area contributed by atoms with Crippen molar-refractivity contribution in [2.24, 2.45) is 15.9 Å². The molecular formula is C64H72N10O11. The molecule has 85 heavy (non-hydrogen) atoms. The zero-order valence-electron chi connectivity index (χ0n) is 48.8. The average Bonchev–Trinajstić information content (AvgIpc) is 2.83. The number of amides is 7. The summed E-state index contributed by atoms with van der Waals surface area (Å²) in [5.41, 5.74) is 7.33. The summed E-state index contributed by atoms with van der Waals surface area (Å²) in [6.45, 7) is 10.0. The van der Waals surface area contributed by atoms with Crippen LogP contribution in [0.15, 0.2) is 107 Å². The predicted octanol–water partition coefficient (Wildman–Crippen LogP) is 7.32. The van der Waals surface area contributed by atoms with Crippen molar-refractivity contribution in [1.82, 2.24) is 30.2 Å². The molecule has 4 atom stereocenters. The second kappa shape index (κ2) is 26.2. The van der Waals surface area contributed by atoms with Crippen LogP contribution in [0.4, 0.5) is 22.7 Å². The molecule has 0 aromatic heterocycles. The number of rotatable bonds is 23. The fraction of sp³-hybridized carbons (Fsp3) is 0.391. The molecule has 6 aliphatic rings. The van der Waals surface area contributed by atoms with Gasteiger partial charge in [-0.3, -0.25) is 48.4 Å². The Morgan fingerprint density at radius 1 is 0.624 bits per heavy atom. The molecule has 1 saturated heterocycles. The maximum atomic E-state index is 14.2. The van der Waals surface area contributed by atoms with Gasteiger partial charge in [-0.05, 0) is 91.4 Å². The van der Waals surface area contributed by atoms with Crippen LogP contribution in [0.25, 0.3) is 11.1 Å².